The maximum absolute atomic E-state index is 12.0. The molecule has 1 saturated heterocycles. The summed E-state index contributed by atoms with van der Waals surface area (Å²) in [7, 11) is 1.66. The molecule has 0 bridgehead atoms. The molecule has 0 aromatic heterocycles. The quantitative estimate of drug-likeness (QED) is 0.821. The number of rotatable bonds is 3. The van der Waals surface area contributed by atoms with Gasteiger partial charge in [-0.2, -0.15) is 0 Å². The topological polar surface area (TPSA) is 70.1 Å². The van der Waals surface area contributed by atoms with Crippen molar-refractivity contribution in [1.82, 2.24) is 9.80 Å². The number of aliphatic hydroxyl groups is 1. The van der Waals surface area contributed by atoms with Crippen LogP contribution < -0.4 is 0 Å². The van der Waals surface area contributed by atoms with E-state index in [0.29, 0.717) is 26.1 Å². The van der Waals surface area contributed by atoms with E-state index in [1.54, 1.807) is 11.9 Å². The van der Waals surface area contributed by atoms with Crippen LogP contribution in [0.1, 0.15) is 27.2 Å². The lowest BCUT2D eigenvalue weighted by molar-refractivity contribution is -0.134. The second-order valence-corrected chi connectivity index (χ2v) is 5.90. The minimum Gasteiger partial charge on any atom is -0.444 e. The fourth-order valence-corrected chi connectivity index (χ4v) is 2.03. The normalized spacial score (nSPS) is 19.4. The average molecular weight is 272 g/mol. The number of hydrogen-bond donors (Lipinski definition) is 1. The highest BCUT2D eigenvalue weighted by atomic mass is 16.6. The Hall–Kier alpha value is -1.30. The predicted molar refractivity (Wildman–Crippen MR) is 70.6 cm³/mol. The molecule has 0 aromatic carbocycles. The summed E-state index contributed by atoms with van der Waals surface area (Å²) >= 11 is 0. The molecule has 0 saturated carbocycles. The second kappa shape index (κ2) is 6.23. The standard InChI is InChI=1S/C13H24N2O4/c1-13(2,3)19-12(18)15-6-5-10(9-15)11(17)14(4)7-8-16/h10,16H,5-9H2,1-4H3/t10-/m0/s1. The molecule has 0 spiro atoms. The van der Waals surface area contributed by atoms with Crippen molar-refractivity contribution in [1.29, 1.82) is 0 Å². The van der Waals surface area contributed by atoms with E-state index < -0.39 is 5.60 Å². The van der Waals surface area contributed by atoms with E-state index >= 15 is 0 Å². The summed E-state index contributed by atoms with van der Waals surface area (Å²) in [5.74, 6) is -0.218. The number of amides is 2. The van der Waals surface area contributed by atoms with Gasteiger partial charge in [-0.05, 0) is 27.2 Å². The van der Waals surface area contributed by atoms with Crippen LogP contribution in [-0.2, 0) is 9.53 Å². The molecule has 0 aliphatic carbocycles. The lowest BCUT2D eigenvalue weighted by atomic mass is 10.1. The van der Waals surface area contributed by atoms with Crippen molar-refractivity contribution in [2.24, 2.45) is 5.92 Å². The molecular weight excluding hydrogens is 248 g/mol. The molecule has 6 heteroatoms. The Bertz CT molecular complexity index is 338. The highest BCUT2D eigenvalue weighted by Gasteiger charge is 2.34. The Kier molecular flexibility index (Phi) is 5.17. The molecule has 6 nitrogen and oxygen atoms in total. The summed E-state index contributed by atoms with van der Waals surface area (Å²) in [5.41, 5.74) is -0.521. The van der Waals surface area contributed by atoms with E-state index in [1.165, 1.54) is 4.90 Å². The molecule has 0 radical (unpaired) electrons. The highest BCUT2D eigenvalue weighted by molar-refractivity contribution is 5.80. The first-order chi connectivity index (χ1) is 8.74. The van der Waals surface area contributed by atoms with Crippen molar-refractivity contribution in [3.8, 4) is 0 Å². The van der Waals surface area contributed by atoms with Crippen LogP contribution in [0.5, 0.6) is 0 Å². The van der Waals surface area contributed by atoms with Gasteiger partial charge in [-0.1, -0.05) is 0 Å². The Morgan fingerprint density at radius 2 is 2.05 bits per heavy atom. The third kappa shape index (κ3) is 4.70. The lowest BCUT2D eigenvalue weighted by Crippen LogP contribution is -2.38. The number of hydrogen-bond acceptors (Lipinski definition) is 4. The van der Waals surface area contributed by atoms with Gasteiger partial charge in [0.2, 0.25) is 5.91 Å². The van der Waals surface area contributed by atoms with Gasteiger partial charge in [-0.3, -0.25) is 4.79 Å². The van der Waals surface area contributed by atoms with E-state index in [2.05, 4.69) is 0 Å². The van der Waals surface area contributed by atoms with E-state index in [4.69, 9.17) is 9.84 Å². The molecule has 2 amide bonds. The summed E-state index contributed by atoms with van der Waals surface area (Å²) in [6, 6.07) is 0. The zero-order valence-electron chi connectivity index (χ0n) is 12.2. The number of aliphatic hydroxyl groups excluding tert-OH is 1. The maximum Gasteiger partial charge on any atom is 0.410 e. The number of ether oxygens (including phenoxy) is 1. The van der Waals surface area contributed by atoms with Gasteiger partial charge in [0.25, 0.3) is 0 Å². The molecule has 1 N–H and O–H groups in total. The molecule has 0 aromatic rings. The van der Waals surface area contributed by atoms with E-state index in [9.17, 15) is 9.59 Å². The van der Waals surface area contributed by atoms with Gasteiger partial charge in [0.05, 0.1) is 12.5 Å². The largest absolute Gasteiger partial charge is 0.444 e. The molecule has 1 aliphatic rings. The first-order valence-electron chi connectivity index (χ1n) is 6.58. The minimum atomic E-state index is -0.521. The molecular formula is C13H24N2O4. The third-order valence-corrected chi connectivity index (χ3v) is 3.00. The smallest absolute Gasteiger partial charge is 0.410 e. The average Bonchev–Trinajstić information content (AvgIpc) is 2.75. The Labute approximate surface area is 114 Å². The summed E-state index contributed by atoms with van der Waals surface area (Å²) in [6.07, 6.45) is 0.279. The number of carbonyl (C=O) groups excluding carboxylic acids is 2. The number of nitrogens with zero attached hydrogens (tertiary/aromatic N) is 2. The van der Waals surface area contributed by atoms with Crippen molar-refractivity contribution < 1.29 is 19.4 Å². The molecule has 110 valence electrons. The van der Waals surface area contributed by atoms with Gasteiger partial charge in [0.15, 0.2) is 0 Å². The Morgan fingerprint density at radius 1 is 1.42 bits per heavy atom. The van der Waals surface area contributed by atoms with Gasteiger partial charge in [0, 0.05) is 26.7 Å². The van der Waals surface area contributed by atoms with Crippen molar-refractivity contribution in [2.75, 3.05) is 33.3 Å². The van der Waals surface area contributed by atoms with Crippen LogP contribution in [-0.4, -0.2) is 65.8 Å². The van der Waals surface area contributed by atoms with Gasteiger partial charge in [-0.25, -0.2) is 4.79 Å². The van der Waals surface area contributed by atoms with Crippen molar-refractivity contribution in [3.05, 3.63) is 0 Å². The first-order valence-corrected chi connectivity index (χ1v) is 6.58. The molecule has 1 heterocycles. The molecule has 19 heavy (non-hydrogen) atoms. The third-order valence-electron chi connectivity index (χ3n) is 3.00. The maximum atomic E-state index is 12.0. The molecule has 1 aliphatic heterocycles. The van der Waals surface area contributed by atoms with Crippen molar-refractivity contribution >= 4 is 12.0 Å². The number of likely N-dealkylation sites (N-methyl/N-ethyl adjacent to an activating group) is 1. The summed E-state index contributed by atoms with van der Waals surface area (Å²) < 4.78 is 5.28. The predicted octanol–water partition coefficient (Wildman–Crippen LogP) is 0.694. The molecule has 1 atom stereocenters. The van der Waals surface area contributed by atoms with Crippen molar-refractivity contribution in [2.45, 2.75) is 32.8 Å². The SMILES string of the molecule is CN(CCO)C(=O)[C@H]1CCN(C(=O)OC(C)(C)C)C1. The van der Waals surface area contributed by atoms with E-state index in [1.807, 2.05) is 20.8 Å². The summed E-state index contributed by atoms with van der Waals surface area (Å²) in [6.45, 7) is 6.66. The van der Waals surface area contributed by atoms with Crippen LogP contribution in [0.15, 0.2) is 0 Å². The summed E-state index contributed by atoms with van der Waals surface area (Å²) in [4.78, 5) is 27.0. The van der Waals surface area contributed by atoms with Crippen LogP contribution in [0, 0.1) is 5.92 Å². The van der Waals surface area contributed by atoms with Crippen molar-refractivity contribution in [3.63, 3.8) is 0 Å². The van der Waals surface area contributed by atoms with Gasteiger partial charge < -0.3 is 19.6 Å². The van der Waals surface area contributed by atoms with Crippen LogP contribution in [0.25, 0.3) is 0 Å². The van der Waals surface area contributed by atoms with Crippen LogP contribution >= 0.6 is 0 Å². The van der Waals surface area contributed by atoms with Crippen LogP contribution in [0.2, 0.25) is 0 Å². The Morgan fingerprint density at radius 3 is 2.58 bits per heavy atom. The number of carbonyl (C=O) groups is 2. The first kappa shape index (κ1) is 15.8. The fourth-order valence-electron chi connectivity index (χ4n) is 2.03. The zero-order chi connectivity index (χ0) is 14.6. The van der Waals surface area contributed by atoms with E-state index in [0.717, 1.165) is 0 Å². The van der Waals surface area contributed by atoms with E-state index in [-0.39, 0.29) is 24.5 Å². The number of likely N-dealkylation sites (tertiary alicyclic amines) is 1. The second-order valence-electron chi connectivity index (χ2n) is 5.90. The van der Waals surface area contributed by atoms with Gasteiger partial charge >= 0.3 is 6.09 Å². The highest BCUT2D eigenvalue weighted by Crippen LogP contribution is 2.20. The molecule has 1 rings (SSSR count). The fraction of sp³-hybridized carbons (Fsp3) is 0.846. The summed E-state index contributed by atoms with van der Waals surface area (Å²) in [5, 5.41) is 8.82. The van der Waals surface area contributed by atoms with Crippen LogP contribution in [0.3, 0.4) is 0 Å². The minimum absolute atomic E-state index is 0.0277. The molecule has 0 unspecified atom stereocenters. The molecule has 1 fully saturated rings. The monoisotopic (exact) mass is 272 g/mol. The zero-order valence-corrected chi connectivity index (χ0v) is 12.2. The van der Waals surface area contributed by atoms with Gasteiger partial charge in [-0.15, -0.1) is 0 Å². The Balaban J connectivity index is 2.49. The van der Waals surface area contributed by atoms with Crippen LogP contribution in [0.4, 0.5) is 4.79 Å². The van der Waals surface area contributed by atoms with Gasteiger partial charge in [0.1, 0.15) is 5.60 Å². The lowest BCUT2D eigenvalue weighted by Gasteiger charge is -2.25.